The summed E-state index contributed by atoms with van der Waals surface area (Å²) in [5, 5.41) is 6.48. The van der Waals surface area contributed by atoms with Gasteiger partial charge in [0.15, 0.2) is 17.5 Å². The average molecular weight is 418 g/mol. The monoisotopic (exact) mass is 417 g/mol. The third-order valence-corrected chi connectivity index (χ3v) is 4.24. The Bertz CT molecular complexity index is 786. The van der Waals surface area contributed by atoms with Gasteiger partial charge < -0.3 is 24.8 Å². The Balaban J connectivity index is 1.74. The number of aliphatic imine (C=N–C) groups is 1. The summed E-state index contributed by atoms with van der Waals surface area (Å²) in [7, 11) is 1.71. The van der Waals surface area contributed by atoms with Crippen molar-refractivity contribution in [3.05, 3.63) is 65.5 Å². The molecule has 0 saturated carbocycles. The lowest BCUT2D eigenvalue weighted by Gasteiger charge is -2.18. The van der Waals surface area contributed by atoms with E-state index >= 15 is 0 Å². The molecule has 0 bridgehead atoms. The molecule has 0 spiro atoms. The number of hydrogen-bond acceptors (Lipinski definition) is 4. The van der Waals surface area contributed by atoms with Crippen LogP contribution in [0.1, 0.15) is 25.0 Å². The van der Waals surface area contributed by atoms with E-state index in [1.54, 1.807) is 25.2 Å². The summed E-state index contributed by atoms with van der Waals surface area (Å²) in [5.41, 5.74) is 2.24. The highest BCUT2D eigenvalue weighted by Gasteiger charge is 2.09. The van der Waals surface area contributed by atoms with E-state index in [4.69, 9.17) is 14.2 Å². The molecule has 2 aromatic carbocycles. The van der Waals surface area contributed by atoms with Crippen LogP contribution in [-0.4, -0.2) is 45.5 Å². The predicted molar refractivity (Wildman–Crippen MR) is 117 cm³/mol. The van der Waals surface area contributed by atoms with Gasteiger partial charge in [0.05, 0.1) is 26.4 Å². The number of halogens is 1. The Morgan fingerprint density at radius 2 is 1.80 bits per heavy atom. The van der Waals surface area contributed by atoms with Gasteiger partial charge in [-0.25, -0.2) is 4.39 Å². The number of ether oxygens (including phenoxy) is 3. The second kappa shape index (κ2) is 13.6. The second-order valence-electron chi connectivity index (χ2n) is 6.74. The van der Waals surface area contributed by atoms with Crippen LogP contribution in [0.25, 0.3) is 0 Å². The lowest BCUT2D eigenvalue weighted by Crippen LogP contribution is -2.41. The van der Waals surface area contributed by atoms with E-state index in [1.807, 2.05) is 32.0 Å². The van der Waals surface area contributed by atoms with Gasteiger partial charge in [0, 0.05) is 20.2 Å². The van der Waals surface area contributed by atoms with Gasteiger partial charge in [-0.15, -0.1) is 0 Å². The fourth-order valence-electron chi connectivity index (χ4n) is 2.73. The maximum Gasteiger partial charge on any atom is 0.191 e. The summed E-state index contributed by atoms with van der Waals surface area (Å²) >= 11 is 0. The Kier molecular flexibility index (Phi) is 10.7. The first-order valence-electron chi connectivity index (χ1n) is 10.2. The van der Waals surface area contributed by atoms with Gasteiger partial charge in [-0.3, -0.25) is 4.99 Å². The minimum Gasteiger partial charge on any atom is -0.486 e. The third kappa shape index (κ3) is 8.80. The average Bonchev–Trinajstić information content (AvgIpc) is 2.75. The van der Waals surface area contributed by atoms with Gasteiger partial charge >= 0.3 is 0 Å². The molecule has 30 heavy (non-hydrogen) atoms. The molecule has 0 aliphatic rings. The van der Waals surface area contributed by atoms with E-state index in [1.165, 1.54) is 6.07 Å². The molecule has 1 unspecified atom stereocenters. The Hall–Kier alpha value is -2.64. The van der Waals surface area contributed by atoms with Crippen LogP contribution in [0.15, 0.2) is 53.5 Å². The van der Waals surface area contributed by atoms with E-state index < -0.39 is 0 Å². The number of para-hydroxylation sites is 1. The van der Waals surface area contributed by atoms with Crippen LogP contribution >= 0.6 is 0 Å². The van der Waals surface area contributed by atoms with Crippen molar-refractivity contribution in [1.29, 1.82) is 0 Å². The summed E-state index contributed by atoms with van der Waals surface area (Å²) in [4.78, 5) is 4.23. The maximum absolute atomic E-state index is 13.7. The van der Waals surface area contributed by atoms with Crippen molar-refractivity contribution < 1.29 is 18.6 Å². The fraction of sp³-hybridized carbons (Fsp3) is 0.435. The largest absolute Gasteiger partial charge is 0.486 e. The number of hydrogen-bond donors (Lipinski definition) is 2. The number of rotatable bonds is 12. The molecular formula is C23H32FN3O3. The molecule has 0 aromatic heterocycles. The molecule has 1 atom stereocenters. The predicted octanol–water partition coefficient (Wildman–Crippen LogP) is 3.51. The van der Waals surface area contributed by atoms with Gasteiger partial charge in [-0.1, -0.05) is 36.4 Å². The van der Waals surface area contributed by atoms with Crippen molar-refractivity contribution in [3.63, 3.8) is 0 Å². The highest BCUT2D eigenvalue weighted by molar-refractivity contribution is 5.79. The zero-order valence-corrected chi connectivity index (χ0v) is 18.0. The molecule has 7 heteroatoms. The number of benzene rings is 2. The smallest absolute Gasteiger partial charge is 0.191 e. The molecule has 0 aliphatic carbocycles. The zero-order chi connectivity index (χ0) is 21.6. The minimum atomic E-state index is -0.367. The lowest BCUT2D eigenvalue weighted by molar-refractivity contribution is 0.0453. The fourth-order valence-corrected chi connectivity index (χ4v) is 2.73. The summed E-state index contributed by atoms with van der Waals surface area (Å²) in [5.74, 6) is 0.529. The molecule has 6 nitrogen and oxygen atoms in total. The van der Waals surface area contributed by atoms with Crippen molar-refractivity contribution in [2.45, 2.75) is 33.1 Å². The first-order valence-corrected chi connectivity index (χ1v) is 10.2. The first-order chi connectivity index (χ1) is 14.6. The summed E-state index contributed by atoms with van der Waals surface area (Å²) < 4.78 is 30.2. The van der Waals surface area contributed by atoms with Crippen LogP contribution in [0.4, 0.5) is 4.39 Å². The quantitative estimate of drug-likeness (QED) is 0.314. The van der Waals surface area contributed by atoms with Crippen LogP contribution < -0.4 is 15.4 Å². The molecule has 0 fully saturated rings. The molecule has 2 rings (SSSR count). The summed E-state index contributed by atoms with van der Waals surface area (Å²) in [6.07, 6.45) is -0.224. The normalized spacial score (nSPS) is 12.5. The highest BCUT2D eigenvalue weighted by Crippen LogP contribution is 2.16. The van der Waals surface area contributed by atoms with E-state index in [0.717, 1.165) is 11.1 Å². The van der Waals surface area contributed by atoms with Crippen LogP contribution in [-0.2, 0) is 22.6 Å². The van der Waals surface area contributed by atoms with Crippen molar-refractivity contribution in [3.8, 4) is 5.75 Å². The molecule has 0 saturated heterocycles. The van der Waals surface area contributed by atoms with Gasteiger partial charge in [0.1, 0.15) is 6.10 Å². The molecule has 0 amide bonds. The van der Waals surface area contributed by atoms with Gasteiger partial charge in [-0.2, -0.15) is 0 Å². The van der Waals surface area contributed by atoms with E-state index in [0.29, 0.717) is 45.5 Å². The summed E-state index contributed by atoms with van der Waals surface area (Å²) in [6.45, 7) is 7.40. The first kappa shape index (κ1) is 23.6. The molecule has 164 valence electrons. The molecule has 0 radical (unpaired) electrons. The molecule has 2 N–H and O–H groups in total. The van der Waals surface area contributed by atoms with Crippen molar-refractivity contribution in [1.82, 2.24) is 10.6 Å². The second-order valence-corrected chi connectivity index (χ2v) is 6.74. The van der Waals surface area contributed by atoms with Crippen molar-refractivity contribution in [2.75, 3.05) is 33.4 Å². The van der Waals surface area contributed by atoms with Gasteiger partial charge in [0.25, 0.3) is 0 Å². The van der Waals surface area contributed by atoms with Crippen LogP contribution in [0, 0.1) is 5.82 Å². The van der Waals surface area contributed by atoms with Crippen molar-refractivity contribution >= 4 is 5.96 Å². The standard InChI is InChI=1S/C23H32FN3O3/c1-4-28-12-13-29-17-20-9-7-8-19(14-20)16-27-23(25-3)26-15-18(2)30-22-11-6-5-10-21(22)24/h5-11,14,18H,4,12-13,15-17H2,1-3H3,(H2,25,26,27). The Morgan fingerprint density at radius 1 is 1.03 bits per heavy atom. The highest BCUT2D eigenvalue weighted by atomic mass is 19.1. The topological polar surface area (TPSA) is 64.1 Å². The zero-order valence-electron chi connectivity index (χ0n) is 18.0. The maximum atomic E-state index is 13.7. The summed E-state index contributed by atoms with van der Waals surface area (Å²) in [6, 6.07) is 14.6. The van der Waals surface area contributed by atoms with Crippen LogP contribution in [0.3, 0.4) is 0 Å². The van der Waals surface area contributed by atoms with Gasteiger partial charge in [-0.05, 0) is 37.1 Å². The Labute approximate surface area is 178 Å². The molecule has 0 heterocycles. The molecule has 2 aromatic rings. The Morgan fingerprint density at radius 3 is 2.57 bits per heavy atom. The van der Waals surface area contributed by atoms with E-state index in [9.17, 15) is 4.39 Å². The third-order valence-electron chi connectivity index (χ3n) is 4.24. The van der Waals surface area contributed by atoms with Crippen molar-refractivity contribution in [2.24, 2.45) is 4.99 Å². The number of nitrogens with one attached hydrogen (secondary N) is 2. The number of nitrogens with zero attached hydrogens (tertiary/aromatic N) is 1. The number of guanidine groups is 1. The van der Waals surface area contributed by atoms with Crippen LogP contribution in [0.5, 0.6) is 5.75 Å². The molecule has 0 aliphatic heterocycles. The van der Waals surface area contributed by atoms with Gasteiger partial charge in [0.2, 0.25) is 0 Å². The van der Waals surface area contributed by atoms with Crippen LogP contribution in [0.2, 0.25) is 0 Å². The lowest BCUT2D eigenvalue weighted by atomic mass is 10.1. The van der Waals surface area contributed by atoms with E-state index in [-0.39, 0.29) is 17.7 Å². The SMILES string of the molecule is CCOCCOCc1cccc(CNC(=NC)NCC(C)Oc2ccccc2F)c1. The van der Waals surface area contributed by atoms with E-state index in [2.05, 4.69) is 21.7 Å². The minimum absolute atomic E-state index is 0.224. The molecular weight excluding hydrogens is 385 g/mol.